The van der Waals surface area contributed by atoms with Crippen molar-refractivity contribution in [2.45, 2.75) is 78.6 Å². The third-order valence-electron chi connectivity index (χ3n) is 4.03. The number of ether oxygens (including phenoxy) is 1. The van der Waals surface area contributed by atoms with Gasteiger partial charge in [0.05, 0.1) is 6.10 Å². The molecule has 0 aliphatic carbocycles. The summed E-state index contributed by atoms with van der Waals surface area (Å²) in [6.07, 6.45) is -0.596. The third kappa shape index (κ3) is 6.67. The van der Waals surface area contributed by atoms with Gasteiger partial charge in [-0.25, -0.2) is 4.79 Å². The molecule has 0 spiro atoms. The molecule has 5 nitrogen and oxygen atoms in total. The second kappa shape index (κ2) is 9.20. The van der Waals surface area contributed by atoms with Crippen LogP contribution in [0.2, 0.25) is 0 Å². The van der Waals surface area contributed by atoms with Crippen LogP contribution in [0.25, 0.3) is 0 Å². The van der Waals surface area contributed by atoms with E-state index in [9.17, 15) is 15.0 Å². The quantitative estimate of drug-likeness (QED) is 0.703. The van der Waals surface area contributed by atoms with E-state index in [4.69, 9.17) is 4.74 Å². The summed E-state index contributed by atoms with van der Waals surface area (Å²) < 4.78 is 5.16. The summed E-state index contributed by atoms with van der Waals surface area (Å²) in [4.78, 5) is 11.6. The van der Waals surface area contributed by atoms with E-state index in [0.29, 0.717) is 0 Å². The van der Waals surface area contributed by atoms with Crippen LogP contribution in [-0.2, 0) is 17.6 Å². The molecule has 0 aliphatic rings. The summed E-state index contributed by atoms with van der Waals surface area (Å²) in [6.45, 7) is 11.7. The lowest BCUT2D eigenvalue weighted by Crippen LogP contribution is -2.34. The van der Waals surface area contributed by atoms with Crippen molar-refractivity contribution < 1.29 is 19.7 Å². The average molecular weight is 351 g/mol. The van der Waals surface area contributed by atoms with Gasteiger partial charge in [0.1, 0.15) is 11.7 Å². The fraction of sp³-hybridized carbons (Fsp3) is 0.650. The minimum absolute atomic E-state index is 0.238. The van der Waals surface area contributed by atoms with Crippen LogP contribution >= 0.6 is 0 Å². The molecule has 0 heterocycles. The summed E-state index contributed by atoms with van der Waals surface area (Å²) >= 11 is 0. The molecule has 3 N–H and O–H groups in total. The van der Waals surface area contributed by atoms with Gasteiger partial charge in [-0.1, -0.05) is 31.5 Å². The highest BCUT2D eigenvalue weighted by molar-refractivity contribution is 5.67. The molecular weight excluding hydrogens is 318 g/mol. The van der Waals surface area contributed by atoms with Crippen molar-refractivity contribution in [3.8, 4) is 0 Å². The Hall–Kier alpha value is -1.59. The van der Waals surface area contributed by atoms with Gasteiger partial charge in [-0.3, -0.25) is 0 Å². The molecule has 142 valence electrons. The van der Waals surface area contributed by atoms with Crippen LogP contribution in [0.5, 0.6) is 0 Å². The number of amides is 1. The zero-order chi connectivity index (χ0) is 19.2. The summed E-state index contributed by atoms with van der Waals surface area (Å²) in [5, 5.41) is 23.7. The Morgan fingerprint density at radius 2 is 1.68 bits per heavy atom. The lowest BCUT2D eigenvalue weighted by molar-refractivity contribution is 0.0114. The summed E-state index contributed by atoms with van der Waals surface area (Å²) in [5.41, 5.74) is 3.54. The third-order valence-corrected chi connectivity index (χ3v) is 4.03. The highest BCUT2D eigenvalue weighted by Crippen LogP contribution is 2.28. The van der Waals surface area contributed by atoms with Gasteiger partial charge in [0.25, 0.3) is 0 Å². The predicted molar refractivity (Wildman–Crippen MR) is 99.8 cm³/mol. The number of rotatable bonds is 7. The topological polar surface area (TPSA) is 78.8 Å². The Morgan fingerprint density at radius 1 is 1.16 bits per heavy atom. The smallest absolute Gasteiger partial charge is 0.407 e. The van der Waals surface area contributed by atoms with Gasteiger partial charge in [-0.2, -0.15) is 0 Å². The fourth-order valence-corrected chi connectivity index (χ4v) is 2.90. The Morgan fingerprint density at radius 3 is 2.12 bits per heavy atom. The summed E-state index contributed by atoms with van der Waals surface area (Å²) in [7, 11) is 0. The van der Waals surface area contributed by atoms with Crippen LogP contribution < -0.4 is 5.32 Å². The monoisotopic (exact) mass is 351 g/mol. The van der Waals surface area contributed by atoms with Gasteiger partial charge >= 0.3 is 6.09 Å². The van der Waals surface area contributed by atoms with E-state index in [1.165, 1.54) is 0 Å². The number of aliphatic hydroxyl groups excluding tert-OH is 2. The Kier molecular flexibility index (Phi) is 7.90. The van der Waals surface area contributed by atoms with Gasteiger partial charge in [0.2, 0.25) is 0 Å². The van der Waals surface area contributed by atoms with E-state index in [1.807, 2.05) is 20.8 Å². The molecule has 0 aromatic heterocycles. The van der Waals surface area contributed by atoms with Gasteiger partial charge in [0, 0.05) is 6.54 Å². The fourth-order valence-electron chi connectivity index (χ4n) is 2.90. The highest BCUT2D eigenvalue weighted by atomic mass is 16.6. The maximum Gasteiger partial charge on any atom is 0.407 e. The van der Waals surface area contributed by atoms with Crippen molar-refractivity contribution in [1.82, 2.24) is 5.32 Å². The number of nitrogens with one attached hydrogen (secondary N) is 1. The normalized spacial score (nSPS) is 14.1. The molecule has 2 unspecified atom stereocenters. The molecule has 1 rings (SSSR count). The molecule has 0 aliphatic heterocycles. The van der Waals surface area contributed by atoms with E-state index in [2.05, 4.69) is 17.4 Å². The number of aliphatic hydroxyl groups is 2. The SMILES string of the molecule is CCc1cc(C)cc(CC)c1C(O)C(O)CCNC(=O)OC(C)(C)C. The van der Waals surface area contributed by atoms with E-state index in [-0.39, 0.29) is 13.0 Å². The molecule has 0 bridgehead atoms. The number of carbonyl (C=O) groups excluding carboxylic acids is 1. The second-order valence-corrected chi connectivity index (χ2v) is 7.43. The van der Waals surface area contributed by atoms with E-state index >= 15 is 0 Å². The van der Waals surface area contributed by atoms with Crippen LogP contribution in [-0.4, -0.2) is 34.6 Å². The Bertz CT molecular complexity index is 553. The van der Waals surface area contributed by atoms with Crippen LogP contribution in [0.3, 0.4) is 0 Å². The van der Waals surface area contributed by atoms with Crippen LogP contribution in [0, 0.1) is 6.92 Å². The van der Waals surface area contributed by atoms with Crippen LogP contribution in [0.15, 0.2) is 12.1 Å². The van der Waals surface area contributed by atoms with Crippen molar-refractivity contribution in [3.63, 3.8) is 0 Å². The van der Waals surface area contributed by atoms with Gasteiger partial charge in [-0.15, -0.1) is 0 Å². The molecule has 5 heteroatoms. The number of benzene rings is 1. The van der Waals surface area contributed by atoms with Gasteiger partial charge < -0.3 is 20.3 Å². The van der Waals surface area contributed by atoms with Gasteiger partial charge in [0.15, 0.2) is 0 Å². The minimum Gasteiger partial charge on any atom is -0.444 e. The zero-order valence-corrected chi connectivity index (χ0v) is 16.3. The molecule has 0 saturated heterocycles. The van der Waals surface area contributed by atoms with Crippen molar-refractivity contribution >= 4 is 6.09 Å². The minimum atomic E-state index is -0.967. The average Bonchev–Trinajstić information content (AvgIpc) is 2.51. The largest absolute Gasteiger partial charge is 0.444 e. The Labute approximate surface area is 151 Å². The van der Waals surface area contributed by atoms with E-state index in [0.717, 1.165) is 35.1 Å². The number of alkyl carbamates (subject to hydrolysis) is 1. The molecule has 0 fully saturated rings. The molecule has 1 amide bonds. The number of aryl methyl sites for hydroxylation is 3. The van der Waals surface area contributed by atoms with Crippen molar-refractivity contribution in [2.24, 2.45) is 0 Å². The number of hydrogen-bond acceptors (Lipinski definition) is 4. The number of carbonyl (C=O) groups is 1. The van der Waals surface area contributed by atoms with E-state index < -0.39 is 23.9 Å². The van der Waals surface area contributed by atoms with Crippen molar-refractivity contribution in [2.75, 3.05) is 6.54 Å². The summed E-state index contributed by atoms with van der Waals surface area (Å²) in [5.74, 6) is 0. The highest BCUT2D eigenvalue weighted by Gasteiger charge is 2.24. The first-order valence-electron chi connectivity index (χ1n) is 9.04. The standard InChI is InChI=1S/C20H33NO4/c1-7-14-11-13(3)12-15(8-2)17(14)18(23)16(22)9-10-21-19(24)25-20(4,5)6/h11-12,16,18,22-23H,7-10H2,1-6H3,(H,21,24). The first-order valence-corrected chi connectivity index (χ1v) is 9.04. The maximum atomic E-state index is 11.6. The van der Waals surface area contributed by atoms with Crippen molar-refractivity contribution in [3.05, 3.63) is 34.4 Å². The molecule has 0 radical (unpaired) electrons. The lowest BCUT2D eigenvalue weighted by Gasteiger charge is -2.24. The van der Waals surface area contributed by atoms with Crippen LogP contribution in [0.1, 0.15) is 69.4 Å². The van der Waals surface area contributed by atoms with E-state index in [1.54, 1.807) is 20.8 Å². The predicted octanol–water partition coefficient (Wildman–Crippen LogP) is 3.43. The number of hydrogen-bond donors (Lipinski definition) is 3. The first-order chi connectivity index (χ1) is 11.6. The van der Waals surface area contributed by atoms with Crippen LogP contribution in [0.4, 0.5) is 4.79 Å². The second-order valence-electron chi connectivity index (χ2n) is 7.43. The molecule has 25 heavy (non-hydrogen) atoms. The van der Waals surface area contributed by atoms with Crippen molar-refractivity contribution in [1.29, 1.82) is 0 Å². The lowest BCUT2D eigenvalue weighted by atomic mass is 9.88. The molecule has 1 aromatic rings. The molecule has 0 saturated carbocycles. The molecular formula is C20H33NO4. The first kappa shape index (κ1) is 21.5. The zero-order valence-electron chi connectivity index (χ0n) is 16.3. The summed E-state index contributed by atoms with van der Waals surface area (Å²) in [6, 6.07) is 4.12. The molecule has 2 atom stereocenters. The molecule has 1 aromatic carbocycles. The van der Waals surface area contributed by atoms with Gasteiger partial charge in [-0.05, 0) is 63.6 Å². The Balaban J connectivity index is 2.74. The maximum absolute atomic E-state index is 11.6.